The minimum atomic E-state index is 0.533. The van der Waals surface area contributed by atoms with Gasteiger partial charge in [0.2, 0.25) is 0 Å². The predicted molar refractivity (Wildman–Crippen MR) is 99.7 cm³/mol. The first-order chi connectivity index (χ1) is 12.3. The van der Waals surface area contributed by atoms with E-state index in [4.69, 9.17) is 0 Å². The number of fused-ring (bicyclic) bond motifs is 3. The van der Waals surface area contributed by atoms with Crippen LogP contribution in [-0.4, -0.2) is 56.1 Å². The second kappa shape index (κ2) is 6.11. The van der Waals surface area contributed by atoms with E-state index in [1.807, 2.05) is 18.7 Å². The SMILES string of the molecule is CC([C@@H]1CCCN1)N1CCC(n2cnc3cnc4[nH]ccc4c32)CC1. The Morgan fingerprint density at radius 3 is 2.88 bits per heavy atom. The molecule has 3 aromatic rings. The summed E-state index contributed by atoms with van der Waals surface area (Å²) in [7, 11) is 0. The fourth-order valence-corrected chi connectivity index (χ4v) is 4.76. The van der Waals surface area contributed by atoms with Gasteiger partial charge < -0.3 is 14.9 Å². The molecule has 0 spiro atoms. The zero-order chi connectivity index (χ0) is 16.8. The topological polar surface area (TPSA) is 61.8 Å². The fraction of sp³-hybridized carbons (Fsp3) is 0.579. The highest BCUT2D eigenvalue weighted by Gasteiger charge is 2.30. The lowest BCUT2D eigenvalue weighted by Crippen LogP contribution is -2.49. The van der Waals surface area contributed by atoms with Gasteiger partial charge in [-0.15, -0.1) is 0 Å². The first-order valence-electron chi connectivity index (χ1n) is 9.57. The molecule has 2 aliphatic heterocycles. The van der Waals surface area contributed by atoms with Crippen LogP contribution in [0.2, 0.25) is 0 Å². The number of aromatic amines is 1. The minimum absolute atomic E-state index is 0.533. The van der Waals surface area contributed by atoms with Crippen LogP contribution >= 0.6 is 0 Å². The van der Waals surface area contributed by atoms with Crippen molar-refractivity contribution in [3.8, 4) is 0 Å². The van der Waals surface area contributed by atoms with E-state index in [-0.39, 0.29) is 0 Å². The van der Waals surface area contributed by atoms with Crippen molar-refractivity contribution < 1.29 is 0 Å². The maximum atomic E-state index is 4.60. The first kappa shape index (κ1) is 15.3. The standard InChI is InChI=1S/C19H26N6/c1-13(16-3-2-7-20-16)24-9-5-14(6-10-24)25-12-23-17-11-22-19-15(18(17)25)4-8-21-19/h4,8,11-14,16,20H,2-3,5-7,9-10H2,1H3,(H,21,22)/t13?,16-/m0/s1. The fourth-order valence-electron chi connectivity index (χ4n) is 4.76. The van der Waals surface area contributed by atoms with E-state index in [1.165, 1.54) is 56.2 Å². The molecular formula is C19H26N6. The number of nitrogens with zero attached hydrogens (tertiary/aromatic N) is 4. The summed E-state index contributed by atoms with van der Waals surface area (Å²) in [5.74, 6) is 0. The predicted octanol–water partition coefficient (Wildman–Crippen LogP) is 2.69. The monoisotopic (exact) mass is 338 g/mol. The van der Waals surface area contributed by atoms with Gasteiger partial charge in [-0.2, -0.15) is 0 Å². The molecule has 132 valence electrons. The Morgan fingerprint density at radius 2 is 2.08 bits per heavy atom. The molecule has 5 heterocycles. The zero-order valence-corrected chi connectivity index (χ0v) is 14.8. The molecule has 5 rings (SSSR count). The van der Waals surface area contributed by atoms with Gasteiger partial charge in [-0.05, 0) is 45.2 Å². The molecule has 25 heavy (non-hydrogen) atoms. The molecule has 0 radical (unpaired) electrons. The molecule has 0 amide bonds. The van der Waals surface area contributed by atoms with E-state index in [0.29, 0.717) is 18.1 Å². The van der Waals surface area contributed by atoms with Crippen molar-refractivity contribution in [1.82, 2.24) is 29.7 Å². The number of likely N-dealkylation sites (tertiary alicyclic amines) is 1. The number of piperidine rings is 1. The van der Waals surface area contributed by atoms with Gasteiger partial charge in [0, 0.05) is 42.8 Å². The molecule has 2 aliphatic rings. The lowest BCUT2D eigenvalue weighted by molar-refractivity contribution is 0.124. The molecule has 2 atom stereocenters. The first-order valence-corrected chi connectivity index (χ1v) is 9.57. The van der Waals surface area contributed by atoms with Crippen molar-refractivity contribution in [3.05, 3.63) is 24.8 Å². The molecule has 0 aromatic carbocycles. The second-order valence-electron chi connectivity index (χ2n) is 7.59. The number of hydrogen-bond acceptors (Lipinski definition) is 4. The molecule has 6 heteroatoms. The average Bonchev–Trinajstić information content (AvgIpc) is 3.40. The van der Waals surface area contributed by atoms with Crippen LogP contribution in [0.25, 0.3) is 22.1 Å². The summed E-state index contributed by atoms with van der Waals surface area (Å²) in [4.78, 5) is 15.0. The number of hydrogen-bond donors (Lipinski definition) is 2. The molecule has 6 nitrogen and oxygen atoms in total. The van der Waals surface area contributed by atoms with Crippen LogP contribution in [0.1, 0.15) is 38.6 Å². The van der Waals surface area contributed by atoms with Crippen molar-refractivity contribution in [2.24, 2.45) is 0 Å². The van der Waals surface area contributed by atoms with Gasteiger partial charge in [-0.25, -0.2) is 9.97 Å². The minimum Gasteiger partial charge on any atom is -0.346 e. The van der Waals surface area contributed by atoms with Crippen LogP contribution in [0.4, 0.5) is 0 Å². The summed E-state index contributed by atoms with van der Waals surface area (Å²) in [6, 6.07) is 3.97. The Kier molecular flexibility index (Phi) is 3.75. The molecule has 2 saturated heterocycles. The van der Waals surface area contributed by atoms with Gasteiger partial charge in [0.1, 0.15) is 11.2 Å². The maximum Gasteiger partial charge on any atom is 0.139 e. The molecule has 2 N–H and O–H groups in total. The normalized spacial score (nSPS) is 24.4. The Bertz CT molecular complexity index is 866. The number of aromatic nitrogens is 4. The Labute approximate surface area is 147 Å². The van der Waals surface area contributed by atoms with E-state index in [1.54, 1.807) is 0 Å². The van der Waals surface area contributed by atoms with Crippen molar-refractivity contribution in [2.75, 3.05) is 19.6 Å². The molecule has 0 saturated carbocycles. The third kappa shape index (κ3) is 2.55. The second-order valence-corrected chi connectivity index (χ2v) is 7.59. The average molecular weight is 338 g/mol. The number of rotatable bonds is 3. The van der Waals surface area contributed by atoms with Crippen LogP contribution in [0, 0.1) is 0 Å². The number of pyridine rings is 1. The van der Waals surface area contributed by atoms with Crippen LogP contribution < -0.4 is 5.32 Å². The van der Waals surface area contributed by atoms with Gasteiger partial charge in [0.25, 0.3) is 0 Å². The quantitative estimate of drug-likeness (QED) is 0.771. The molecule has 3 aromatic heterocycles. The van der Waals surface area contributed by atoms with E-state index < -0.39 is 0 Å². The third-order valence-corrected chi connectivity index (χ3v) is 6.27. The molecule has 1 unspecified atom stereocenters. The van der Waals surface area contributed by atoms with Crippen molar-refractivity contribution in [3.63, 3.8) is 0 Å². The zero-order valence-electron chi connectivity index (χ0n) is 14.8. The molecular weight excluding hydrogens is 312 g/mol. The van der Waals surface area contributed by atoms with E-state index in [2.05, 4.69) is 42.7 Å². The maximum absolute atomic E-state index is 4.60. The largest absolute Gasteiger partial charge is 0.346 e. The van der Waals surface area contributed by atoms with Gasteiger partial charge >= 0.3 is 0 Å². The summed E-state index contributed by atoms with van der Waals surface area (Å²) < 4.78 is 2.39. The van der Waals surface area contributed by atoms with Crippen molar-refractivity contribution >= 4 is 22.1 Å². The highest BCUT2D eigenvalue weighted by Crippen LogP contribution is 2.31. The van der Waals surface area contributed by atoms with Gasteiger partial charge in [0.15, 0.2) is 0 Å². The molecule has 2 fully saturated rings. The summed E-state index contributed by atoms with van der Waals surface area (Å²) in [5, 5.41) is 4.85. The number of H-pyrrole nitrogens is 1. The lowest BCUT2D eigenvalue weighted by atomic mass is 9.99. The summed E-state index contributed by atoms with van der Waals surface area (Å²) in [5.41, 5.74) is 3.18. The third-order valence-electron chi connectivity index (χ3n) is 6.27. The molecule has 0 bridgehead atoms. The van der Waals surface area contributed by atoms with Crippen LogP contribution in [0.3, 0.4) is 0 Å². The van der Waals surface area contributed by atoms with Gasteiger partial charge in [0.05, 0.1) is 18.0 Å². The smallest absolute Gasteiger partial charge is 0.139 e. The summed E-state index contributed by atoms with van der Waals surface area (Å²) in [6.07, 6.45) is 10.9. The lowest BCUT2D eigenvalue weighted by Gasteiger charge is -2.39. The Hall–Kier alpha value is -1.92. The van der Waals surface area contributed by atoms with Gasteiger partial charge in [-0.3, -0.25) is 4.90 Å². The molecule has 0 aliphatic carbocycles. The summed E-state index contributed by atoms with van der Waals surface area (Å²) in [6.45, 7) is 5.92. The van der Waals surface area contributed by atoms with E-state index in [0.717, 1.165) is 11.2 Å². The number of nitrogens with one attached hydrogen (secondary N) is 2. The highest BCUT2D eigenvalue weighted by atomic mass is 15.2. The van der Waals surface area contributed by atoms with Crippen molar-refractivity contribution in [2.45, 2.75) is 50.7 Å². The van der Waals surface area contributed by atoms with Crippen LogP contribution in [0.15, 0.2) is 24.8 Å². The Morgan fingerprint density at radius 1 is 1.20 bits per heavy atom. The van der Waals surface area contributed by atoms with E-state index in [9.17, 15) is 0 Å². The number of imidazole rings is 1. The highest BCUT2D eigenvalue weighted by molar-refractivity contribution is 6.00. The van der Waals surface area contributed by atoms with Crippen molar-refractivity contribution in [1.29, 1.82) is 0 Å². The van der Waals surface area contributed by atoms with Gasteiger partial charge in [-0.1, -0.05) is 0 Å². The van der Waals surface area contributed by atoms with Crippen LogP contribution in [-0.2, 0) is 0 Å². The van der Waals surface area contributed by atoms with Crippen LogP contribution in [0.5, 0.6) is 0 Å². The van der Waals surface area contributed by atoms with E-state index >= 15 is 0 Å². The summed E-state index contributed by atoms with van der Waals surface area (Å²) >= 11 is 0. The Balaban J connectivity index is 1.37.